The van der Waals surface area contributed by atoms with Crippen LogP contribution in [-0.2, 0) is 16.0 Å². The van der Waals surface area contributed by atoms with Crippen molar-refractivity contribution >= 4 is 12.4 Å². The lowest BCUT2D eigenvalue weighted by atomic mass is 9.92. The van der Waals surface area contributed by atoms with E-state index < -0.39 is 17.7 Å². The molecule has 128 valence electrons. The molecule has 0 radical (unpaired) electrons. The molecule has 0 spiro atoms. The van der Waals surface area contributed by atoms with Crippen LogP contribution >= 0.6 is 0 Å². The van der Waals surface area contributed by atoms with Crippen molar-refractivity contribution in [2.45, 2.75) is 51.7 Å². The van der Waals surface area contributed by atoms with Crippen LogP contribution in [0.1, 0.15) is 44.7 Å². The summed E-state index contributed by atoms with van der Waals surface area (Å²) in [5.74, 6) is -0.159. The van der Waals surface area contributed by atoms with Gasteiger partial charge in [0, 0.05) is 19.6 Å². The first-order valence-electron chi connectivity index (χ1n) is 7.80. The van der Waals surface area contributed by atoms with Crippen LogP contribution in [0.25, 0.3) is 0 Å². The van der Waals surface area contributed by atoms with Crippen molar-refractivity contribution in [3.63, 3.8) is 0 Å². The number of aldehydes is 1. The van der Waals surface area contributed by atoms with Gasteiger partial charge in [-0.2, -0.15) is 0 Å². The minimum atomic E-state index is -0.603. The summed E-state index contributed by atoms with van der Waals surface area (Å²) in [6.45, 7) is 7.38. The van der Waals surface area contributed by atoms with Crippen LogP contribution in [0.5, 0.6) is 0 Å². The predicted molar refractivity (Wildman–Crippen MR) is 89.5 cm³/mol. The number of nitrogens with zero attached hydrogens (tertiary/aromatic N) is 1. The summed E-state index contributed by atoms with van der Waals surface area (Å²) >= 11 is 0. The molecule has 0 aliphatic rings. The Morgan fingerprint density at radius 1 is 1.30 bits per heavy atom. The topological polar surface area (TPSA) is 66.8 Å². The highest BCUT2D eigenvalue weighted by Crippen LogP contribution is 2.23. The number of hydrogen-bond donors (Lipinski definition) is 1. The van der Waals surface area contributed by atoms with Gasteiger partial charge in [-0.15, -0.1) is 0 Å². The smallest absolute Gasteiger partial charge is 0.410 e. The van der Waals surface area contributed by atoms with E-state index >= 15 is 0 Å². The fourth-order valence-electron chi connectivity index (χ4n) is 2.31. The van der Waals surface area contributed by atoms with E-state index in [0.717, 1.165) is 17.4 Å². The summed E-state index contributed by atoms with van der Waals surface area (Å²) in [6.07, 6.45) is 0.859. The van der Waals surface area contributed by atoms with Crippen LogP contribution in [0.15, 0.2) is 24.3 Å². The Balaban J connectivity index is 2.86. The third-order valence-corrected chi connectivity index (χ3v) is 3.69. The molecule has 1 aromatic carbocycles. The van der Waals surface area contributed by atoms with Crippen LogP contribution in [0.2, 0.25) is 0 Å². The van der Waals surface area contributed by atoms with Crippen molar-refractivity contribution in [1.82, 2.24) is 4.90 Å². The van der Waals surface area contributed by atoms with E-state index in [-0.39, 0.29) is 12.5 Å². The Bertz CT molecular complexity index is 519. The number of hydrogen-bond acceptors (Lipinski definition) is 4. The number of ether oxygens (including phenoxy) is 1. The van der Waals surface area contributed by atoms with E-state index in [1.807, 2.05) is 31.2 Å². The normalized spacial score (nSPS) is 14.0. The molecular formula is C18H27NO4. The molecule has 1 N–H and O–H groups in total. The molecule has 0 aliphatic heterocycles. The first-order chi connectivity index (χ1) is 10.7. The maximum Gasteiger partial charge on any atom is 0.410 e. The zero-order valence-corrected chi connectivity index (χ0v) is 14.6. The van der Waals surface area contributed by atoms with Crippen molar-refractivity contribution in [2.24, 2.45) is 0 Å². The van der Waals surface area contributed by atoms with Gasteiger partial charge in [0.2, 0.25) is 0 Å². The molecule has 0 fully saturated rings. The molecule has 1 amide bonds. The van der Waals surface area contributed by atoms with Crippen LogP contribution < -0.4 is 0 Å². The second kappa shape index (κ2) is 8.11. The molecule has 1 rings (SSSR count). The third kappa shape index (κ3) is 5.67. The van der Waals surface area contributed by atoms with Gasteiger partial charge in [-0.1, -0.05) is 31.2 Å². The minimum Gasteiger partial charge on any atom is -0.444 e. The van der Waals surface area contributed by atoms with E-state index in [9.17, 15) is 9.59 Å². The quantitative estimate of drug-likeness (QED) is 0.818. The van der Waals surface area contributed by atoms with Crippen molar-refractivity contribution in [3.05, 3.63) is 35.4 Å². The summed E-state index contributed by atoms with van der Waals surface area (Å²) in [7, 11) is 1.57. The molecular weight excluding hydrogens is 294 g/mol. The van der Waals surface area contributed by atoms with Crippen LogP contribution in [0, 0.1) is 0 Å². The monoisotopic (exact) mass is 321 g/mol. The Morgan fingerprint density at radius 3 is 2.30 bits per heavy atom. The maximum atomic E-state index is 12.2. The zero-order chi connectivity index (χ0) is 17.6. The van der Waals surface area contributed by atoms with Gasteiger partial charge in [-0.05, 0) is 38.3 Å². The lowest BCUT2D eigenvalue weighted by Gasteiger charge is -2.31. The number of benzene rings is 1. The Hall–Kier alpha value is -1.88. The lowest BCUT2D eigenvalue weighted by Crippen LogP contribution is -2.44. The number of carbonyl (C=O) groups excluding carboxylic acids is 2. The standard InChI is InChI=1S/C18H27NO4/c1-13(15-8-6-14(7-9-15)10-11-20)16(12-21)19(5)17(22)23-18(2,3)4/h6-9,12-13,16,20H,10-11H2,1-5H3/t13?,16-/m1/s1. The van der Waals surface area contributed by atoms with Crippen LogP contribution in [0.4, 0.5) is 4.79 Å². The van der Waals surface area contributed by atoms with Crippen LogP contribution in [-0.4, -0.2) is 47.7 Å². The Kier molecular flexibility index (Phi) is 6.76. The molecule has 0 saturated carbocycles. The molecule has 0 saturated heterocycles. The number of aliphatic hydroxyl groups excluding tert-OH is 1. The number of carbonyl (C=O) groups is 2. The molecule has 5 heteroatoms. The van der Waals surface area contributed by atoms with E-state index in [1.54, 1.807) is 27.8 Å². The van der Waals surface area contributed by atoms with E-state index in [0.29, 0.717) is 6.42 Å². The summed E-state index contributed by atoms with van der Waals surface area (Å²) in [5, 5.41) is 8.95. The van der Waals surface area contributed by atoms with Gasteiger partial charge in [0.1, 0.15) is 11.9 Å². The van der Waals surface area contributed by atoms with Gasteiger partial charge in [0.15, 0.2) is 0 Å². The second-order valence-electron chi connectivity index (χ2n) is 6.72. The summed E-state index contributed by atoms with van der Waals surface area (Å²) in [5.41, 5.74) is 1.39. The molecule has 23 heavy (non-hydrogen) atoms. The molecule has 1 unspecified atom stereocenters. The van der Waals surface area contributed by atoms with Gasteiger partial charge < -0.3 is 19.5 Å². The highest BCUT2D eigenvalue weighted by molar-refractivity contribution is 5.74. The van der Waals surface area contributed by atoms with E-state index in [2.05, 4.69) is 0 Å². The molecule has 1 aromatic rings. The number of amides is 1. The Morgan fingerprint density at radius 2 is 1.87 bits per heavy atom. The molecule has 0 aromatic heterocycles. The summed E-state index contributed by atoms with van der Waals surface area (Å²) in [6, 6.07) is 7.10. The largest absolute Gasteiger partial charge is 0.444 e. The first-order valence-corrected chi connectivity index (χ1v) is 7.80. The fourth-order valence-corrected chi connectivity index (χ4v) is 2.31. The first kappa shape index (κ1) is 19.2. The number of likely N-dealkylation sites (N-methyl/N-ethyl adjacent to an activating group) is 1. The molecule has 0 bridgehead atoms. The number of rotatable bonds is 6. The SMILES string of the molecule is CC(c1ccc(CCO)cc1)[C@@H](C=O)N(C)C(=O)OC(C)(C)C. The maximum absolute atomic E-state index is 12.2. The van der Waals surface area contributed by atoms with Gasteiger partial charge in [0.25, 0.3) is 0 Å². The van der Waals surface area contributed by atoms with Crippen molar-refractivity contribution < 1.29 is 19.4 Å². The average Bonchev–Trinajstić information content (AvgIpc) is 2.47. The second-order valence-corrected chi connectivity index (χ2v) is 6.72. The molecule has 0 aliphatic carbocycles. The van der Waals surface area contributed by atoms with Gasteiger partial charge in [-0.3, -0.25) is 0 Å². The van der Waals surface area contributed by atoms with E-state index in [1.165, 1.54) is 4.90 Å². The molecule has 0 heterocycles. The minimum absolute atomic E-state index is 0.104. The molecule has 2 atom stereocenters. The van der Waals surface area contributed by atoms with Gasteiger partial charge in [0.05, 0.1) is 6.04 Å². The third-order valence-electron chi connectivity index (χ3n) is 3.69. The highest BCUT2D eigenvalue weighted by Gasteiger charge is 2.29. The van der Waals surface area contributed by atoms with E-state index in [4.69, 9.17) is 9.84 Å². The predicted octanol–water partition coefficient (Wildman–Crippen LogP) is 2.76. The van der Waals surface area contributed by atoms with Crippen molar-refractivity contribution in [1.29, 1.82) is 0 Å². The van der Waals surface area contributed by atoms with Gasteiger partial charge in [-0.25, -0.2) is 4.79 Å². The number of aliphatic hydroxyl groups is 1. The van der Waals surface area contributed by atoms with Crippen LogP contribution in [0.3, 0.4) is 0 Å². The fraction of sp³-hybridized carbons (Fsp3) is 0.556. The summed E-state index contributed by atoms with van der Waals surface area (Å²) in [4.78, 5) is 25.0. The highest BCUT2D eigenvalue weighted by atomic mass is 16.6. The lowest BCUT2D eigenvalue weighted by molar-refractivity contribution is -0.112. The summed E-state index contributed by atoms with van der Waals surface area (Å²) < 4.78 is 5.32. The van der Waals surface area contributed by atoms with Crippen molar-refractivity contribution in [2.75, 3.05) is 13.7 Å². The molecule has 5 nitrogen and oxygen atoms in total. The average molecular weight is 321 g/mol. The van der Waals surface area contributed by atoms with Crippen molar-refractivity contribution in [3.8, 4) is 0 Å². The zero-order valence-electron chi connectivity index (χ0n) is 14.6. The van der Waals surface area contributed by atoms with Gasteiger partial charge >= 0.3 is 6.09 Å². The Labute approximate surface area is 138 Å².